The zero-order chi connectivity index (χ0) is 10.3. The van der Waals surface area contributed by atoms with E-state index in [1.807, 2.05) is 18.2 Å². The Balaban J connectivity index is 2.37. The molecular formula is C12H14O2. The first kappa shape index (κ1) is 9.25. The molecule has 0 bridgehead atoms. The van der Waals surface area contributed by atoms with E-state index in [0.717, 1.165) is 0 Å². The SMILES string of the molecule is COC(=O)c1ccc2c(c1)C(C)C2C. The standard InChI is InChI=1S/C12H14O2/c1-7-8(2)11-6-9(12(13)14-3)4-5-10(7)11/h4-8H,1-3H3. The van der Waals surface area contributed by atoms with Crippen molar-refractivity contribution >= 4 is 5.97 Å². The highest BCUT2D eigenvalue weighted by Gasteiger charge is 2.30. The minimum absolute atomic E-state index is 0.250. The van der Waals surface area contributed by atoms with Crippen LogP contribution in [0, 0.1) is 0 Å². The molecule has 1 aromatic carbocycles. The lowest BCUT2D eigenvalue weighted by Crippen LogP contribution is -2.20. The molecule has 0 spiro atoms. The van der Waals surface area contributed by atoms with Crippen molar-refractivity contribution in [2.45, 2.75) is 25.7 Å². The molecule has 2 rings (SSSR count). The molecule has 1 aromatic rings. The van der Waals surface area contributed by atoms with Crippen LogP contribution in [0.15, 0.2) is 18.2 Å². The van der Waals surface area contributed by atoms with Crippen LogP contribution in [0.25, 0.3) is 0 Å². The van der Waals surface area contributed by atoms with Gasteiger partial charge in [0.05, 0.1) is 12.7 Å². The number of carbonyl (C=O) groups is 1. The van der Waals surface area contributed by atoms with Gasteiger partial charge in [0.2, 0.25) is 0 Å². The van der Waals surface area contributed by atoms with Gasteiger partial charge in [0.25, 0.3) is 0 Å². The topological polar surface area (TPSA) is 26.3 Å². The number of ether oxygens (including phenoxy) is 1. The average Bonchev–Trinajstić information content (AvgIpc) is 2.26. The van der Waals surface area contributed by atoms with Gasteiger partial charge < -0.3 is 4.74 Å². The van der Waals surface area contributed by atoms with Gasteiger partial charge in [-0.05, 0) is 35.1 Å². The minimum Gasteiger partial charge on any atom is -0.465 e. The fourth-order valence-electron chi connectivity index (χ4n) is 2.07. The predicted molar refractivity (Wildman–Crippen MR) is 54.6 cm³/mol. The zero-order valence-electron chi connectivity index (χ0n) is 8.70. The molecule has 74 valence electrons. The fourth-order valence-corrected chi connectivity index (χ4v) is 2.07. The summed E-state index contributed by atoms with van der Waals surface area (Å²) >= 11 is 0. The van der Waals surface area contributed by atoms with Crippen molar-refractivity contribution in [3.8, 4) is 0 Å². The number of carbonyl (C=O) groups excluding carboxylic acids is 1. The maximum atomic E-state index is 11.3. The second-order valence-corrected chi connectivity index (χ2v) is 3.91. The second-order valence-electron chi connectivity index (χ2n) is 3.91. The Labute approximate surface area is 83.9 Å². The summed E-state index contributed by atoms with van der Waals surface area (Å²) in [7, 11) is 1.41. The minimum atomic E-state index is -0.250. The first-order valence-corrected chi connectivity index (χ1v) is 4.87. The first-order chi connectivity index (χ1) is 6.65. The van der Waals surface area contributed by atoms with Gasteiger partial charge in [-0.2, -0.15) is 0 Å². The van der Waals surface area contributed by atoms with E-state index in [-0.39, 0.29) is 5.97 Å². The molecule has 14 heavy (non-hydrogen) atoms. The molecule has 2 heteroatoms. The summed E-state index contributed by atoms with van der Waals surface area (Å²) in [6, 6.07) is 5.82. The molecule has 1 aliphatic rings. The number of rotatable bonds is 1. The lowest BCUT2D eigenvalue weighted by atomic mass is 9.69. The Morgan fingerprint density at radius 1 is 1.21 bits per heavy atom. The lowest BCUT2D eigenvalue weighted by Gasteiger charge is -2.35. The molecule has 1 aliphatic carbocycles. The molecule has 0 aliphatic heterocycles. The molecule has 0 amide bonds. The van der Waals surface area contributed by atoms with Gasteiger partial charge >= 0.3 is 5.97 Å². The Bertz CT molecular complexity index is 382. The van der Waals surface area contributed by atoms with Crippen LogP contribution in [0.3, 0.4) is 0 Å². The van der Waals surface area contributed by atoms with Crippen LogP contribution < -0.4 is 0 Å². The lowest BCUT2D eigenvalue weighted by molar-refractivity contribution is 0.0600. The number of methoxy groups -OCH3 is 1. The van der Waals surface area contributed by atoms with Crippen molar-refractivity contribution in [1.82, 2.24) is 0 Å². The van der Waals surface area contributed by atoms with Crippen LogP contribution in [-0.4, -0.2) is 13.1 Å². The molecular weight excluding hydrogens is 176 g/mol. The third-order valence-corrected chi connectivity index (χ3v) is 3.24. The molecule has 0 saturated carbocycles. The predicted octanol–water partition coefficient (Wildman–Crippen LogP) is 2.69. The average molecular weight is 190 g/mol. The van der Waals surface area contributed by atoms with E-state index in [1.165, 1.54) is 18.2 Å². The quantitative estimate of drug-likeness (QED) is 0.636. The van der Waals surface area contributed by atoms with Crippen molar-refractivity contribution in [1.29, 1.82) is 0 Å². The first-order valence-electron chi connectivity index (χ1n) is 4.87. The summed E-state index contributed by atoms with van der Waals surface area (Å²) in [4.78, 5) is 11.3. The highest BCUT2D eigenvalue weighted by Crippen LogP contribution is 2.46. The van der Waals surface area contributed by atoms with Gasteiger partial charge in [0.15, 0.2) is 0 Å². The summed E-state index contributed by atoms with van der Waals surface area (Å²) in [5, 5.41) is 0. The molecule has 0 N–H and O–H groups in total. The van der Waals surface area contributed by atoms with E-state index in [4.69, 9.17) is 0 Å². The number of fused-ring (bicyclic) bond motifs is 1. The Morgan fingerprint density at radius 3 is 2.50 bits per heavy atom. The monoisotopic (exact) mass is 190 g/mol. The van der Waals surface area contributed by atoms with E-state index >= 15 is 0 Å². The van der Waals surface area contributed by atoms with E-state index in [1.54, 1.807) is 0 Å². The van der Waals surface area contributed by atoms with Crippen molar-refractivity contribution < 1.29 is 9.53 Å². The maximum absolute atomic E-state index is 11.3. The summed E-state index contributed by atoms with van der Waals surface area (Å²) in [5.41, 5.74) is 3.32. The van der Waals surface area contributed by atoms with E-state index < -0.39 is 0 Å². The van der Waals surface area contributed by atoms with Crippen LogP contribution in [0.2, 0.25) is 0 Å². The van der Waals surface area contributed by atoms with Crippen LogP contribution in [0.5, 0.6) is 0 Å². The van der Waals surface area contributed by atoms with Crippen LogP contribution in [0.4, 0.5) is 0 Å². The van der Waals surface area contributed by atoms with Crippen LogP contribution >= 0.6 is 0 Å². The molecule has 2 atom stereocenters. The fraction of sp³-hybridized carbons (Fsp3) is 0.417. The van der Waals surface area contributed by atoms with Crippen molar-refractivity contribution in [3.05, 3.63) is 34.9 Å². The zero-order valence-corrected chi connectivity index (χ0v) is 8.70. The molecule has 2 nitrogen and oxygen atoms in total. The molecule has 0 heterocycles. The third-order valence-electron chi connectivity index (χ3n) is 3.24. The molecule has 0 saturated heterocycles. The number of esters is 1. The number of hydrogen-bond acceptors (Lipinski definition) is 2. The van der Waals surface area contributed by atoms with Gasteiger partial charge in [-0.25, -0.2) is 4.79 Å². The van der Waals surface area contributed by atoms with Crippen molar-refractivity contribution in [3.63, 3.8) is 0 Å². The maximum Gasteiger partial charge on any atom is 0.337 e. The van der Waals surface area contributed by atoms with Gasteiger partial charge in [-0.3, -0.25) is 0 Å². The number of benzene rings is 1. The second kappa shape index (κ2) is 3.12. The Kier molecular flexibility index (Phi) is 2.06. The highest BCUT2D eigenvalue weighted by atomic mass is 16.5. The summed E-state index contributed by atoms with van der Waals surface area (Å²) in [5.74, 6) is 0.936. The van der Waals surface area contributed by atoms with Crippen molar-refractivity contribution in [2.24, 2.45) is 0 Å². The third kappa shape index (κ3) is 1.14. The molecule has 0 aromatic heterocycles. The molecule has 0 fully saturated rings. The summed E-state index contributed by atoms with van der Waals surface area (Å²) < 4.78 is 4.68. The largest absolute Gasteiger partial charge is 0.465 e. The van der Waals surface area contributed by atoms with Gasteiger partial charge in [-0.1, -0.05) is 19.9 Å². The Hall–Kier alpha value is -1.31. The van der Waals surface area contributed by atoms with Crippen molar-refractivity contribution in [2.75, 3.05) is 7.11 Å². The Morgan fingerprint density at radius 2 is 1.86 bits per heavy atom. The van der Waals surface area contributed by atoms with Gasteiger partial charge in [-0.15, -0.1) is 0 Å². The highest BCUT2D eigenvalue weighted by molar-refractivity contribution is 5.89. The van der Waals surface area contributed by atoms with Gasteiger partial charge in [0, 0.05) is 0 Å². The van der Waals surface area contributed by atoms with E-state index in [9.17, 15) is 4.79 Å². The van der Waals surface area contributed by atoms with Crippen LogP contribution in [-0.2, 0) is 4.74 Å². The van der Waals surface area contributed by atoms with E-state index in [2.05, 4.69) is 18.6 Å². The van der Waals surface area contributed by atoms with E-state index in [0.29, 0.717) is 17.4 Å². The number of hydrogen-bond donors (Lipinski definition) is 0. The smallest absolute Gasteiger partial charge is 0.337 e. The summed E-state index contributed by atoms with van der Waals surface area (Å²) in [6.07, 6.45) is 0. The van der Waals surface area contributed by atoms with Crippen LogP contribution in [0.1, 0.15) is 47.2 Å². The van der Waals surface area contributed by atoms with Gasteiger partial charge in [0.1, 0.15) is 0 Å². The molecule has 2 unspecified atom stereocenters. The summed E-state index contributed by atoms with van der Waals surface area (Å²) in [6.45, 7) is 4.40. The normalized spacial score (nSPS) is 23.6. The molecule has 0 radical (unpaired) electrons.